The fraction of sp³-hybridized carbons (Fsp3) is 1.00. The fourth-order valence-corrected chi connectivity index (χ4v) is 9.18. The number of rotatable bonds is 1. The van der Waals surface area contributed by atoms with Crippen molar-refractivity contribution >= 4 is 0 Å². The van der Waals surface area contributed by atoms with E-state index in [2.05, 4.69) is 20.8 Å². The lowest BCUT2D eigenvalue weighted by atomic mass is 9.47. The molecule has 0 aromatic rings. The van der Waals surface area contributed by atoms with Crippen LogP contribution in [0.25, 0.3) is 0 Å². The van der Waals surface area contributed by atoms with Crippen LogP contribution in [-0.4, -0.2) is 23.9 Å². The van der Waals surface area contributed by atoms with Crippen molar-refractivity contribution in [3.05, 3.63) is 0 Å². The Bertz CT molecular complexity index is 548. The van der Waals surface area contributed by atoms with Gasteiger partial charge in [0, 0.05) is 6.61 Å². The van der Waals surface area contributed by atoms with E-state index in [0.29, 0.717) is 10.8 Å². The molecule has 0 bridgehead atoms. The molecule has 26 heavy (non-hydrogen) atoms. The zero-order valence-corrected chi connectivity index (χ0v) is 17.3. The Morgan fingerprint density at radius 1 is 0.808 bits per heavy atom. The molecule has 5 fully saturated rings. The zero-order valence-electron chi connectivity index (χ0n) is 17.3. The smallest absolute Gasteiger partial charge is 0.0622 e. The molecule has 1 saturated heterocycles. The first-order chi connectivity index (χ1) is 12.3. The number of aliphatic hydroxyl groups is 1. The Kier molecular flexibility index (Phi) is 4.12. The summed E-state index contributed by atoms with van der Waals surface area (Å²) in [4.78, 5) is 0. The minimum absolute atomic E-state index is 0.382. The van der Waals surface area contributed by atoms with E-state index >= 15 is 0 Å². The fourth-order valence-electron chi connectivity index (χ4n) is 9.18. The molecule has 0 amide bonds. The highest BCUT2D eigenvalue weighted by molar-refractivity contribution is 5.10. The molecule has 148 valence electrons. The first-order valence-corrected chi connectivity index (χ1v) is 11.6. The summed E-state index contributed by atoms with van der Waals surface area (Å²) >= 11 is 0. The van der Waals surface area contributed by atoms with Gasteiger partial charge in [0.1, 0.15) is 0 Å². The highest BCUT2D eigenvalue weighted by Gasteiger charge is 2.60. The SMILES string of the molecule is CC1([C@H]2CC[C@H]3[C@@H]4CC[C@@H]5C[C@](C)(O)CC[C@@H]5[C@H]4CC[C@]23C)CCOC1. The molecular formula is C24H40O2. The summed E-state index contributed by atoms with van der Waals surface area (Å²) in [5.74, 6) is 5.52. The molecule has 0 spiro atoms. The van der Waals surface area contributed by atoms with Crippen LogP contribution in [0.4, 0.5) is 0 Å². The molecule has 4 aliphatic carbocycles. The van der Waals surface area contributed by atoms with Crippen molar-refractivity contribution in [2.45, 2.75) is 90.6 Å². The van der Waals surface area contributed by atoms with Crippen LogP contribution in [0.3, 0.4) is 0 Å². The lowest BCUT2D eigenvalue weighted by Crippen LogP contribution is -2.51. The molecule has 1 unspecified atom stereocenters. The van der Waals surface area contributed by atoms with Gasteiger partial charge in [-0.2, -0.15) is 0 Å². The standard InChI is InChI=1S/C24H40O2/c1-22(12-13-26-15-22)21-7-6-20-19-5-4-16-14-23(2,25)10-8-17(16)18(19)9-11-24(20,21)3/h16-21,25H,4-15H2,1-3H3/t16-,17+,18-,19-,20+,21-,22?,23-,24+/m1/s1. The summed E-state index contributed by atoms with van der Waals surface area (Å²) in [5, 5.41) is 10.6. The van der Waals surface area contributed by atoms with Crippen LogP contribution in [0.15, 0.2) is 0 Å². The first-order valence-electron chi connectivity index (χ1n) is 11.6. The third-order valence-electron chi connectivity index (χ3n) is 10.3. The molecule has 1 heterocycles. The largest absolute Gasteiger partial charge is 0.390 e. The van der Waals surface area contributed by atoms with E-state index in [1.807, 2.05) is 0 Å². The first kappa shape index (κ1) is 18.0. The second-order valence-corrected chi connectivity index (χ2v) is 11.8. The molecule has 0 radical (unpaired) electrons. The monoisotopic (exact) mass is 360 g/mol. The summed E-state index contributed by atoms with van der Waals surface area (Å²) in [5.41, 5.74) is 0.625. The Labute approximate surface area is 160 Å². The van der Waals surface area contributed by atoms with Gasteiger partial charge in [-0.1, -0.05) is 13.8 Å². The molecule has 0 aromatic carbocycles. The van der Waals surface area contributed by atoms with E-state index in [4.69, 9.17) is 4.74 Å². The quantitative estimate of drug-likeness (QED) is 0.675. The number of fused-ring (bicyclic) bond motifs is 5. The maximum atomic E-state index is 10.6. The van der Waals surface area contributed by atoms with Crippen LogP contribution in [0.2, 0.25) is 0 Å². The van der Waals surface area contributed by atoms with Crippen LogP contribution in [0.5, 0.6) is 0 Å². The van der Waals surface area contributed by atoms with Crippen molar-refractivity contribution in [2.24, 2.45) is 46.3 Å². The molecule has 5 aliphatic rings. The molecule has 1 aliphatic heterocycles. The third kappa shape index (κ3) is 2.57. The van der Waals surface area contributed by atoms with Gasteiger partial charge in [-0.05, 0) is 117 Å². The van der Waals surface area contributed by atoms with Crippen molar-refractivity contribution < 1.29 is 9.84 Å². The van der Waals surface area contributed by atoms with Gasteiger partial charge in [0.05, 0.1) is 12.2 Å². The zero-order chi connectivity index (χ0) is 18.2. The summed E-state index contributed by atoms with van der Waals surface area (Å²) in [7, 11) is 0. The third-order valence-corrected chi connectivity index (χ3v) is 10.3. The van der Waals surface area contributed by atoms with Crippen LogP contribution in [0.1, 0.15) is 85.0 Å². The average Bonchev–Trinajstić information content (AvgIpc) is 3.17. The van der Waals surface area contributed by atoms with Gasteiger partial charge in [0.15, 0.2) is 0 Å². The van der Waals surface area contributed by atoms with Gasteiger partial charge in [-0.3, -0.25) is 0 Å². The normalized spacial score (nSPS) is 59.5. The van der Waals surface area contributed by atoms with E-state index in [1.54, 1.807) is 0 Å². The Balaban J connectivity index is 1.37. The Hall–Kier alpha value is -0.0800. The Morgan fingerprint density at radius 2 is 1.62 bits per heavy atom. The molecule has 2 heteroatoms. The summed E-state index contributed by atoms with van der Waals surface area (Å²) in [6.07, 6.45) is 13.4. The second kappa shape index (κ2) is 5.96. The summed E-state index contributed by atoms with van der Waals surface area (Å²) in [6, 6.07) is 0. The molecule has 2 nitrogen and oxygen atoms in total. The molecule has 1 N–H and O–H groups in total. The number of hydrogen-bond acceptors (Lipinski definition) is 2. The molecular weight excluding hydrogens is 320 g/mol. The van der Waals surface area contributed by atoms with E-state index in [9.17, 15) is 5.11 Å². The Morgan fingerprint density at radius 3 is 2.38 bits per heavy atom. The van der Waals surface area contributed by atoms with Crippen molar-refractivity contribution in [3.8, 4) is 0 Å². The molecule has 4 saturated carbocycles. The highest BCUT2D eigenvalue weighted by Crippen LogP contribution is 2.67. The average molecular weight is 361 g/mol. The molecule has 5 rings (SSSR count). The van der Waals surface area contributed by atoms with Gasteiger partial charge in [-0.25, -0.2) is 0 Å². The highest BCUT2D eigenvalue weighted by atomic mass is 16.5. The maximum absolute atomic E-state index is 10.6. The summed E-state index contributed by atoms with van der Waals surface area (Å²) in [6.45, 7) is 9.29. The van der Waals surface area contributed by atoms with Crippen molar-refractivity contribution in [2.75, 3.05) is 13.2 Å². The van der Waals surface area contributed by atoms with Gasteiger partial charge in [0.25, 0.3) is 0 Å². The minimum Gasteiger partial charge on any atom is -0.390 e. The van der Waals surface area contributed by atoms with Gasteiger partial charge < -0.3 is 9.84 Å². The lowest BCUT2D eigenvalue weighted by molar-refractivity contribution is -0.108. The van der Waals surface area contributed by atoms with Crippen molar-refractivity contribution in [1.29, 1.82) is 0 Å². The summed E-state index contributed by atoms with van der Waals surface area (Å²) < 4.78 is 5.87. The van der Waals surface area contributed by atoms with Gasteiger partial charge in [0.2, 0.25) is 0 Å². The minimum atomic E-state index is -0.382. The van der Waals surface area contributed by atoms with E-state index in [1.165, 1.54) is 51.4 Å². The molecule has 9 atom stereocenters. The van der Waals surface area contributed by atoms with Crippen LogP contribution >= 0.6 is 0 Å². The van der Waals surface area contributed by atoms with Gasteiger partial charge >= 0.3 is 0 Å². The second-order valence-electron chi connectivity index (χ2n) is 11.8. The maximum Gasteiger partial charge on any atom is 0.0622 e. The predicted molar refractivity (Wildman–Crippen MR) is 105 cm³/mol. The predicted octanol–water partition coefficient (Wildman–Crippen LogP) is 5.43. The lowest BCUT2D eigenvalue weighted by Gasteiger charge is -2.58. The van der Waals surface area contributed by atoms with Crippen LogP contribution < -0.4 is 0 Å². The molecule has 0 aromatic heterocycles. The van der Waals surface area contributed by atoms with Crippen LogP contribution in [-0.2, 0) is 4.74 Å². The van der Waals surface area contributed by atoms with Crippen LogP contribution in [0, 0.1) is 46.3 Å². The topological polar surface area (TPSA) is 29.5 Å². The van der Waals surface area contributed by atoms with E-state index < -0.39 is 0 Å². The number of ether oxygens (including phenoxy) is 1. The van der Waals surface area contributed by atoms with Gasteiger partial charge in [-0.15, -0.1) is 0 Å². The van der Waals surface area contributed by atoms with E-state index in [-0.39, 0.29) is 5.60 Å². The van der Waals surface area contributed by atoms with Crippen molar-refractivity contribution in [3.63, 3.8) is 0 Å². The van der Waals surface area contributed by atoms with E-state index in [0.717, 1.165) is 61.6 Å². The number of hydrogen-bond donors (Lipinski definition) is 1. The van der Waals surface area contributed by atoms with Crippen molar-refractivity contribution in [1.82, 2.24) is 0 Å².